The third kappa shape index (κ3) is 4.96. The second-order valence-corrected chi connectivity index (χ2v) is 8.91. The molecule has 1 aliphatic heterocycles. The summed E-state index contributed by atoms with van der Waals surface area (Å²) in [5, 5.41) is 3.67. The molecule has 1 N–H and O–H groups in total. The van der Waals surface area contributed by atoms with Crippen LogP contribution < -0.4 is 10.9 Å². The average molecular weight is 391 g/mol. The van der Waals surface area contributed by atoms with Crippen LogP contribution in [0.3, 0.4) is 0 Å². The lowest BCUT2D eigenvalue weighted by Gasteiger charge is -2.30. The van der Waals surface area contributed by atoms with E-state index in [2.05, 4.69) is 22.1 Å². The number of carbonyl (C=O) groups is 1. The molecular weight excluding hydrogens is 360 g/mol. The Bertz CT molecular complexity index is 858. The fourth-order valence-electron chi connectivity index (χ4n) is 3.76. The summed E-state index contributed by atoms with van der Waals surface area (Å²) in [5.74, 6) is 0.778. The van der Waals surface area contributed by atoms with Gasteiger partial charge in [0, 0.05) is 30.9 Å². The van der Waals surface area contributed by atoms with Crippen molar-refractivity contribution in [3.05, 3.63) is 27.1 Å². The largest absolute Gasteiger partial charge is 0.356 e. The Morgan fingerprint density at radius 3 is 2.96 bits per heavy atom. The first kappa shape index (κ1) is 20.0. The summed E-state index contributed by atoms with van der Waals surface area (Å²) in [6.07, 6.45) is 5.45. The van der Waals surface area contributed by atoms with Crippen LogP contribution in [0.15, 0.2) is 11.1 Å². The monoisotopic (exact) mass is 390 g/mol. The van der Waals surface area contributed by atoms with Gasteiger partial charge in [-0.25, -0.2) is 4.98 Å². The van der Waals surface area contributed by atoms with E-state index in [1.165, 1.54) is 25.9 Å². The van der Waals surface area contributed by atoms with Crippen molar-refractivity contribution in [1.29, 1.82) is 0 Å². The van der Waals surface area contributed by atoms with Gasteiger partial charge in [0.25, 0.3) is 5.56 Å². The van der Waals surface area contributed by atoms with Gasteiger partial charge in [0.15, 0.2) is 0 Å². The minimum atomic E-state index is -0.0473. The number of amides is 1. The normalized spacial score (nSPS) is 18.1. The van der Waals surface area contributed by atoms with Gasteiger partial charge >= 0.3 is 0 Å². The van der Waals surface area contributed by atoms with E-state index in [0.717, 1.165) is 34.2 Å². The molecule has 7 heteroatoms. The number of nitrogens with one attached hydrogen (secondary N) is 1. The van der Waals surface area contributed by atoms with Crippen molar-refractivity contribution in [2.45, 2.75) is 53.0 Å². The molecule has 1 saturated heterocycles. The minimum Gasteiger partial charge on any atom is -0.356 e. The first-order valence-corrected chi connectivity index (χ1v) is 10.7. The number of likely N-dealkylation sites (tertiary alicyclic amines) is 1. The van der Waals surface area contributed by atoms with Crippen molar-refractivity contribution in [2.75, 3.05) is 26.2 Å². The highest BCUT2D eigenvalue weighted by Crippen LogP contribution is 2.25. The van der Waals surface area contributed by atoms with Crippen molar-refractivity contribution in [3.8, 4) is 0 Å². The lowest BCUT2D eigenvalue weighted by molar-refractivity contribution is -0.121. The molecular formula is C20H30N4O2S. The van der Waals surface area contributed by atoms with Crippen molar-refractivity contribution in [1.82, 2.24) is 19.8 Å². The van der Waals surface area contributed by atoms with Gasteiger partial charge in [-0.1, -0.05) is 6.92 Å². The highest BCUT2D eigenvalue weighted by molar-refractivity contribution is 7.18. The Balaban J connectivity index is 1.44. The maximum atomic E-state index is 12.6. The van der Waals surface area contributed by atoms with Crippen LogP contribution in [0.2, 0.25) is 0 Å². The number of hydrogen-bond donors (Lipinski definition) is 1. The topological polar surface area (TPSA) is 67.2 Å². The lowest BCUT2D eigenvalue weighted by atomic mass is 10.0. The minimum absolute atomic E-state index is 0.00719. The smallest absolute Gasteiger partial charge is 0.262 e. The van der Waals surface area contributed by atoms with Crippen LogP contribution in [0, 0.1) is 19.8 Å². The Morgan fingerprint density at radius 2 is 2.19 bits per heavy atom. The van der Waals surface area contributed by atoms with Gasteiger partial charge < -0.3 is 10.2 Å². The molecule has 1 fully saturated rings. The third-order valence-corrected chi connectivity index (χ3v) is 6.57. The molecule has 2 aromatic rings. The first-order chi connectivity index (χ1) is 13.0. The summed E-state index contributed by atoms with van der Waals surface area (Å²) >= 11 is 1.54. The van der Waals surface area contributed by atoms with Gasteiger partial charge in [-0.2, -0.15) is 0 Å². The van der Waals surface area contributed by atoms with E-state index in [4.69, 9.17) is 0 Å². The number of piperidine rings is 1. The highest BCUT2D eigenvalue weighted by atomic mass is 32.1. The average Bonchev–Trinajstić information content (AvgIpc) is 2.93. The van der Waals surface area contributed by atoms with Gasteiger partial charge in [-0.05, 0) is 57.7 Å². The van der Waals surface area contributed by atoms with Crippen LogP contribution in [-0.4, -0.2) is 46.5 Å². The highest BCUT2D eigenvalue weighted by Gasteiger charge is 2.16. The van der Waals surface area contributed by atoms with Crippen molar-refractivity contribution >= 4 is 27.5 Å². The molecule has 0 bridgehead atoms. The molecule has 148 valence electrons. The summed E-state index contributed by atoms with van der Waals surface area (Å²) in [6, 6.07) is 0. The Morgan fingerprint density at radius 1 is 1.37 bits per heavy atom. The molecule has 0 aliphatic carbocycles. The molecule has 2 aromatic heterocycles. The SMILES string of the molecule is Cc1sc2ncn(CCC(=O)NCCCN3CCCC(C)C3)c(=O)c2c1C. The quantitative estimate of drug-likeness (QED) is 0.738. The number of rotatable bonds is 7. The van der Waals surface area contributed by atoms with E-state index < -0.39 is 0 Å². The van der Waals surface area contributed by atoms with E-state index in [0.29, 0.717) is 24.9 Å². The molecule has 0 saturated carbocycles. The van der Waals surface area contributed by atoms with Crippen LogP contribution in [-0.2, 0) is 11.3 Å². The Hall–Kier alpha value is -1.73. The molecule has 0 spiro atoms. The van der Waals surface area contributed by atoms with E-state index in [9.17, 15) is 9.59 Å². The zero-order valence-corrected chi connectivity index (χ0v) is 17.4. The Kier molecular flexibility index (Phi) is 6.65. The summed E-state index contributed by atoms with van der Waals surface area (Å²) < 4.78 is 1.55. The number of nitrogens with zero attached hydrogens (tertiary/aromatic N) is 3. The number of carbonyl (C=O) groups excluding carboxylic acids is 1. The van der Waals surface area contributed by atoms with Gasteiger partial charge in [-0.15, -0.1) is 11.3 Å². The van der Waals surface area contributed by atoms with E-state index in [1.807, 2.05) is 13.8 Å². The fourth-order valence-corrected chi connectivity index (χ4v) is 4.75. The van der Waals surface area contributed by atoms with Gasteiger partial charge in [0.2, 0.25) is 5.91 Å². The van der Waals surface area contributed by atoms with Gasteiger partial charge in [0.05, 0.1) is 11.7 Å². The summed E-state index contributed by atoms with van der Waals surface area (Å²) in [6.45, 7) is 10.7. The first-order valence-electron chi connectivity index (χ1n) is 9.90. The molecule has 3 rings (SSSR count). The number of fused-ring (bicyclic) bond motifs is 1. The molecule has 3 heterocycles. The van der Waals surface area contributed by atoms with Crippen LogP contribution >= 0.6 is 11.3 Å². The second-order valence-electron chi connectivity index (χ2n) is 7.71. The van der Waals surface area contributed by atoms with Crippen LogP contribution in [0.5, 0.6) is 0 Å². The number of hydrogen-bond acceptors (Lipinski definition) is 5. The lowest BCUT2D eigenvalue weighted by Crippen LogP contribution is -2.36. The number of aryl methyl sites for hydroxylation is 3. The molecule has 6 nitrogen and oxygen atoms in total. The molecule has 0 aromatic carbocycles. The molecule has 1 atom stereocenters. The zero-order chi connectivity index (χ0) is 19.4. The molecule has 1 aliphatic rings. The van der Waals surface area contributed by atoms with Crippen LogP contribution in [0.25, 0.3) is 10.2 Å². The van der Waals surface area contributed by atoms with Gasteiger partial charge in [-0.3, -0.25) is 14.2 Å². The predicted molar refractivity (Wildman–Crippen MR) is 110 cm³/mol. The zero-order valence-electron chi connectivity index (χ0n) is 16.6. The summed E-state index contributed by atoms with van der Waals surface area (Å²) in [5.41, 5.74) is 0.951. The third-order valence-electron chi connectivity index (χ3n) is 5.45. The van der Waals surface area contributed by atoms with Gasteiger partial charge in [0.1, 0.15) is 4.83 Å². The maximum absolute atomic E-state index is 12.6. The molecule has 1 unspecified atom stereocenters. The Labute approximate surface area is 164 Å². The summed E-state index contributed by atoms with van der Waals surface area (Å²) in [7, 11) is 0. The van der Waals surface area contributed by atoms with Crippen molar-refractivity contribution in [3.63, 3.8) is 0 Å². The molecule has 0 radical (unpaired) electrons. The van der Waals surface area contributed by atoms with E-state index in [1.54, 1.807) is 22.2 Å². The maximum Gasteiger partial charge on any atom is 0.262 e. The summed E-state index contributed by atoms with van der Waals surface area (Å²) in [4.78, 5) is 33.5. The van der Waals surface area contributed by atoms with E-state index >= 15 is 0 Å². The standard InChI is InChI=1S/C20H30N4O2S/c1-14-6-4-9-23(12-14)10-5-8-21-17(25)7-11-24-13-22-19-18(20(24)26)15(2)16(3)27-19/h13-14H,4-12H2,1-3H3,(H,21,25). The van der Waals surface area contributed by atoms with Crippen LogP contribution in [0.4, 0.5) is 0 Å². The fraction of sp³-hybridized carbons (Fsp3) is 0.650. The van der Waals surface area contributed by atoms with Crippen molar-refractivity contribution < 1.29 is 4.79 Å². The predicted octanol–water partition coefficient (Wildman–Crippen LogP) is 2.70. The second kappa shape index (κ2) is 8.97. The molecule has 27 heavy (non-hydrogen) atoms. The number of aromatic nitrogens is 2. The van der Waals surface area contributed by atoms with Crippen LogP contribution in [0.1, 0.15) is 43.0 Å². The number of thiophene rings is 1. The van der Waals surface area contributed by atoms with E-state index in [-0.39, 0.29) is 11.5 Å². The van der Waals surface area contributed by atoms with Crippen molar-refractivity contribution in [2.24, 2.45) is 5.92 Å². The molecule has 1 amide bonds.